The van der Waals surface area contributed by atoms with E-state index in [1.165, 1.54) is 22.9 Å². The fraction of sp³-hybridized carbons (Fsp3) is 0.611. The first-order chi connectivity index (χ1) is 11.9. The number of sulfonamides is 1. The van der Waals surface area contributed by atoms with Crippen LogP contribution in [0.2, 0.25) is 5.02 Å². The average molecular weight is 385 g/mol. The van der Waals surface area contributed by atoms with Crippen molar-refractivity contribution in [3.8, 4) is 0 Å². The summed E-state index contributed by atoms with van der Waals surface area (Å²) in [7, 11) is -3.65. The van der Waals surface area contributed by atoms with Crippen molar-refractivity contribution in [1.29, 1.82) is 0 Å². The van der Waals surface area contributed by atoms with E-state index in [2.05, 4.69) is 12.2 Å². The Morgan fingerprint density at radius 2 is 1.84 bits per heavy atom. The zero-order valence-corrected chi connectivity index (χ0v) is 16.1. The van der Waals surface area contributed by atoms with E-state index in [0.717, 1.165) is 32.1 Å². The third-order valence-corrected chi connectivity index (χ3v) is 7.68. The van der Waals surface area contributed by atoms with Gasteiger partial charge in [-0.3, -0.25) is 4.79 Å². The number of halogens is 1. The SMILES string of the molecule is C[C@@H]1CCCC[C@H]1NC(=O)c1ccc(Cl)c(S(=O)(=O)N2CCCC2)c1. The number of carbonyl (C=O) groups is 1. The van der Waals surface area contributed by atoms with Gasteiger partial charge >= 0.3 is 0 Å². The monoisotopic (exact) mass is 384 g/mol. The van der Waals surface area contributed by atoms with Crippen LogP contribution in [0.15, 0.2) is 23.1 Å². The van der Waals surface area contributed by atoms with Gasteiger partial charge in [-0.25, -0.2) is 8.42 Å². The number of hydrogen-bond donors (Lipinski definition) is 1. The van der Waals surface area contributed by atoms with Gasteiger partial charge in [-0.1, -0.05) is 31.4 Å². The fourth-order valence-electron chi connectivity index (χ4n) is 3.69. The van der Waals surface area contributed by atoms with Crippen LogP contribution in [-0.2, 0) is 10.0 Å². The Labute approximate surface area is 154 Å². The highest BCUT2D eigenvalue weighted by Gasteiger charge is 2.30. The van der Waals surface area contributed by atoms with Crippen molar-refractivity contribution >= 4 is 27.5 Å². The van der Waals surface area contributed by atoms with Gasteiger partial charge in [0.05, 0.1) is 5.02 Å². The molecule has 2 aliphatic rings. The lowest BCUT2D eigenvalue weighted by Gasteiger charge is -2.29. The zero-order chi connectivity index (χ0) is 18.0. The van der Waals surface area contributed by atoms with Gasteiger partial charge < -0.3 is 5.32 Å². The number of amides is 1. The van der Waals surface area contributed by atoms with E-state index in [1.807, 2.05) is 0 Å². The molecule has 1 saturated heterocycles. The van der Waals surface area contributed by atoms with Gasteiger partial charge in [0.25, 0.3) is 5.91 Å². The molecule has 0 radical (unpaired) electrons. The quantitative estimate of drug-likeness (QED) is 0.864. The molecule has 0 aromatic heterocycles. The van der Waals surface area contributed by atoms with Crippen LogP contribution in [0.4, 0.5) is 0 Å². The second kappa shape index (κ2) is 7.64. The standard InChI is InChI=1S/C18H25ClN2O3S/c1-13-6-2-3-7-16(13)20-18(22)14-8-9-15(19)17(12-14)25(23,24)21-10-4-5-11-21/h8-9,12-13,16H,2-7,10-11H2,1H3,(H,20,22)/t13-,16-/m1/s1. The molecule has 1 aliphatic carbocycles. The third kappa shape index (κ3) is 4.01. The summed E-state index contributed by atoms with van der Waals surface area (Å²) in [5.74, 6) is 0.214. The van der Waals surface area contributed by atoms with Crippen LogP contribution in [0.5, 0.6) is 0 Å². The van der Waals surface area contributed by atoms with Gasteiger partial charge in [-0.05, 0) is 49.8 Å². The molecule has 0 spiro atoms. The van der Waals surface area contributed by atoms with E-state index < -0.39 is 10.0 Å². The summed E-state index contributed by atoms with van der Waals surface area (Å²) in [6.07, 6.45) is 6.12. The molecule has 138 valence electrons. The number of hydrogen-bond acceptors (Lipinski definition) is 3. The predicted molar refractivity (Wildman–Crippen MR) is 98.3 cm³/mol. The van der Waals surface area contributed by atoms with Crippen molar-refractivity contribution < 1.29 is 13.2 Å². The van der Waals surface area contributed by atoms with E-state index in [9.17, 15) is 13.2 Å². The molecular formula is C18H25ClN2O3S. The predicted octanol–water partition coefficient (Wildman–Crippen LogP) is 3.43. The molecule has 1 saturated carbocycles. The second-order valence-electron chi connectivity index (χ2n) is 7.10. The Kier molecular flexibility index (Phi) is 5.71. The van der Waals surface area contributed by atoms with Gasteiger partial charge in [0, 0.05) is 24.7 Å². The maximum atomic E-state index is 12.8. The first kappa shape index (κ1) is 18.7. The third-order valence-electron chi connectivity index (χ3n) is 5.30. The lowest BCUT2D eigenvalue weighted by Crippen LogP contribution is -2.41. The number of carbonyl (C=O) groups excluding carboxylic acids is 1. The largest absolute Gasteiger partial charge is 0.349 e. The van der Waals surface area contributed by atoms with Gasteiger partial charge in [-0.2, -0.15) is 4.31 Å². The number of benzene rings is 1. The topological polar surface area (TPSA) is 66.5 Å². The Hall–Kier alpha value is -1.11. The molecule has 0 bridgehead atoms. The summed E-state index contributed by atoms with van der Waals surface area (Å²) in [5, 5.41) is 3.22. The Balaban J connectivity index is 1.82. The fourth-order valence-corrected chi connectivity index (χ4v) is 5.71. The minimum Gasteiger partial charge on any atom is -0.349 e. The van der Waals surface area contributed by atoms with Crippen molar-refractivity contribution in [3.63, 3.8) is 0 Å². The van der Waals surface area contributed by atoms with E-state index in [4.69, 9.17) is 11.6 Å². The van der Waals surface area contributed by atoms with Crippen molar-refractivity contribution in [3.05, 3.63) is 28.8 Å². The molecule has 1 aromatic rings. The minimum atomic E-state index is -3.65. The Bertz CT molecular complexity index is 745. The maximum Gasteiger partial charge on any atom is 0.251 e. The molecule has 1 aromatic carbocycles. The number of rotatable bonds is 4. The molecule has 3 rings (SSSR count). The summed E-state index contributed by atoms with van der Waals surface area (Å²) >= 11 is 6.14. The van der Waals surface area contributed by atoms with Crippen LogP contribution in [-0.4, -0.2) is 37.8 Å². The molecule has 25 heavy (non-hydrogen) atoms. The molecule has 1 aliphatic heterocycles. The summed E-state index contributed by atoms with van der Waals surface area (Å²) in [5.41, 5.74) is 0.347. The van der Waals surface area contributed by atoms with Crippen molar-refractivity contribution in [2.45, 2.75) is 56.4 Å². The van der Waals surface area contributed by atoms with Gasteiger partial charge in [-0.15, -0.1) is 0 Å². The van der Waals surface area contributed by atoms with E-state index in [1.54, 1.807) is 6.07 Å². The molecule has 2 atom stereocenters. The first-order valence-electron chi connectivity index (χ1n) is 9.00. The number of nitrogens with zero attached hydrogens (tertiary/aromatic N) is 1. The molecule has 1 amide bonds. The molecule has 1 N–H and O–H groups in total. The zero-order valence-electron chi connectivity index (χ0n) is 14.5. The molecule has 2 fully saturated rings. The first-order valence-corrected chi connectivity index (χ1v) is 10.8. The van der Waals surface area contributed by atoms with Crippen LogP contribution in [0.1, 0.15) is 55.8 Å². The summed E-state index contributed by atoms with van der Waals surface area (Å²) < 4.78 is 27.0. The van der Waals surface area contributed by atoms with E-state index in [0.29, 0.717) is 24.6 Å². The summed E-state index contributed by atoms with van der Waals surface area (Å²) in [4.78, 5) is 12.6. The van der Waals surface area contributed by atoms with E-state index in [-0.39, 0.29) is 21.9 Å². The molecule has 7 heteroatoms. The van der Waals surface area contributed by atoms with Gasteiger partial charge in [0.15, 0.2) is 0 Å². The summed E-state index contributed by atoms with van der Waals surface area (Å²) in [6.45, 7) is 3.17. The highest BCUT2D eigenvalue weighted by Crippen LogP contribution is 2.29. The van der Waals surface area contributed by atoms with E-state index >= 15 is 0 Å². The number of nitrogens with one attached hydrogen (secondary N) is 1. The molecule has 0 unspecified atom stereocenters. The highest BCUT2D eigenvalue weighted by molar-refractivity contribution is 7.89. The lowest BCUT2D eigenvalue weighted by molar-refractivity contribution is 0.0910. The Morgan fingerprint density at radius 1 is 1.16 bits per heavy atom. The van der Waals surface area contributed by atoms with Crippen LogP contribution in [0.3, 0.4) is 0 Å². The maximum absolute atomic E-state index is 12.8. The molecule has 1 heterocycles. The van der Waals surface area contributed by atoms with Crippen LogP contribution >= 0.6 is 11.6 Å². The minimum absolute atomic E-state index is 0.0282. The normalized spacial score (nSPS) is 25.0. The van der Waals surface area contributed by atoms with Crippen LogP contribution in [0, 0.1) is 5.92 Å². The highest BCUT2D eigenvalue weighted by atomic mass is 35.5. The second-order valence-corrected chi connectivity index (χ2v) is 9.41. The summed E-state index contributed by atoms with van der Waals surface area (Å²) in [6, 6.07) is 4.66. The smallest absolute Gasteiger partial charge is 0.251 e. The van der Waals surface area contributed by atoms with Crippen molar-refractivity contribution in [1.82, 2.24) is 9.62 Å². The van der Waals surface area contributed by atoms with Gasteiger partial charge in [0.1, 0.15) is 4.90 Å². The van der Waals surface area contributed by atoms with Crippen molar-refractivity contribution in [2.75, 3.05) is 13.1 Å². The lowest BCUT2D eigenvalue weighted by atomic mass is 9.86. The Morgan fingerprint density at radius 3 is 2.52 bits per heavy atom. The van der Waals surface area contributed by atoms with Crippen LogP contribution in [0.25, 0.3) is 0 Å². The molecular weight excluding hydrogens is 360 g/mol. The molecule has 5 nitrogen and oxygen atoms in total. The average Bonchev–Trinajstić information content (AvgIpc) is 3.12. The van der Waals surface area contributed by atoms with Crippen molar-refractivity contribution in [2.24, 2.45) is 5.92 Å². The van der Waals surface area contributed by atoms with Crippen LogP contribution < -0.4 is 5.32 Å². The van der Waals surface area contributed by atoms with Gasteiger partial charge in [0.2, 0.25) is 10.0 Å².